The Morgan fingerprint density at radius 3 is 2.19 bits per heavy atom. The van der Waals surface area contributed by atoms with Crippen molar-refractivity contribution in [3.63, 3.8) is 0 Å². The van der Waals surface area contributed by atoms with Crippen molar-refractivity contribution in [3.05, 3.63) is 11.1 Å². The molecule has 0 aromatic carbocycles. The van der Waals surface area contributed by atoms with Crippen molar-refractivity contribution in [2.75, 3.05) is 44.4 Å². The molecule has 4 rings (SSSR count). The van der Waals surface area contributed by atoms with Gasteiger partial charge >= 0.3 is 12.0 Å². The quantitative estimate of drug-likeness (QED) is 0.463. The van der Waals surface area contributed by atoms with Gasteiger partial charge in [0.1, 0.15) is 0 Å². The molecule has 208 valence electrons. The molecule has 0 radical (unpaired) electrons. The number of esters is 1. The Morgan fingerprint density at radius 1 is 1.03 bits per heavy atom. The Morgan fingerprint density at radius 2 is 1.62 bits per heavy atom. The molecule has 1 aromatic heterocycles. The maximum atomic E-state index is 13.4. The van der Waals surface area contributed by atoms with Crippen LogP contribution in [0, 0.1) is 0 Å². The number of methoxy groups -OCH3 is 1. The van der Waals surface area contributed by atoms with E-state index in [2.05, 4.69) is 24.8 Å². The van der Waals surface area contributed by atoms with E-state index in [1.54, 1.807) is 0 Å². The smallest absolute Gasteiger partial charge is 0.324 e. The topological polar surface area (TPSA) is 112 Å². The fourth-order valence-electron chi connectivity index (χ4n) is 5.77. The summed E-state index contributed by atoms with van der Waals surface area (Å²) in [6, 6.07) is 0.651. The van der Waals surface area contributed by atoms with E-state index in [1.165, 1.54) is 61.3 Å². The number of ether oxygens (including phenoxy) is 1. The van der Waals surface area contributed by atoms with Crippen LogP contribution in [0.1, 0.15) is 75.5 Å². The number of nitrogens with one attached hydrogen (secondary N) is 1. The highest BCUT2D eigenvalue weighted by molar-refractivity contribution is 7.89. The van der Waals surface area contributed by atoms with Gasteiger partial charge in [0.25, 0.3) is 0 Å². The number of hydrogen-bond acceptors (Lipinski definition) is 8. The van der Waals surface area contributed by atoms with Gasteiger partial charge in [-0.3, -0.25) is 15.0 Å². The van der Waals surface area contributed by atoms with Crippen LogP contribution >= 0.6 is 11.3 Å². The van der Waals surface area contributed by atoms with E-state index in [0.29, 0.717) is 49.9 Å². The first-order valence-corrected chi connectivity index (χ1v) is 16.1. The average molecular weight is 556 g/mol. The number of thiazole rings is 1. The second-order valence-electron chi connectivity index (χ2n) is 10.4. The first-order chi connectivity index (χ1) is 17.9. The van der Waals surface area contributed by atoms with Crippen LogP contribution in [0.4, 0.5) is 9.93 Å². The lowest BCUT2D eigenvalue weighted by atomic mass is 9.89. The van der Waals surface area contributed by atoms with Gasteiger partial charge in [-0.25, -0.2) is 18.2 Å². The lowest BCUT2D eigenvalue weighted by molar-refractivity contribution is -0.140. The minimum Gasteiger partial charge on any atom is -0.469 e. The summed E-state index contributed by atoms with van der Waals surface area (Å²) in [6.45, 7) is 2.66. The normalized spacial score (nSPS) is 21.0. The number of piperazine rings is 1. The number of aromatic nitrogens is 1. The largest absolute Gasteiger partial charge is 0.469 e. The molecule has 0 atom stereocenters. The molecule has 1 N–H and O–H groups in total. The Kier molecular flexibility index (Phi) is 10.2. The summed E-state index contributed by atoms with van der Waals surface area (Å²) in [5, 5.41) is 3.73. The Hall–Kier alpha value is -1.76. The van der Waals surface area contributed by atoms with E-state index < -0.39 is 16.0 Å². The molecule has 2 saturated carbocycles. The van der Waals surface area contributed by atoms with Crippen molar-refractivity contribution >= 4 is 38.5 Å². The van der Waals surface area contributed by atoms with Crippen molar-refractivity contribution in [1.29, 1.82) is 0 Å². The van der Waals surface area contributed by atoms with Gasteiger partial charge in [-0.05, 0) is 25.7 Å². The van der Waals surface area contributed by atoms with Gasteiger partial charge in [0, 0.05) is 55.9 Å². The summed E-state index contributed by atoms with van der Waals surface area (Å²) in [5.41, 5.74) is 0. The molecule has 2 amide bonds. The Labute approximate surface area is 224 Å². The molecule has 3 aliphatic rings. The van der Waals surface area contributed by atoms with E-state index >= 15 is 0 Å². The standard InChI is InChI=1S/C25H41N5O5S2/c1-35-23(31)12-17-37(33,34)29-15-13-28(14-16-29)19-22-18-26-24(36-22)27-25(32)30(20-8-4-2-5-9-20)21-10-6-3-7-11-21/h18,20-21H,2-17,19H2,1H3,(H,26,27,32). The van der Waals surface area contributed by atoms with E-state index in [4.69, 9.17) is 0 Å². The number of sulfonamides is 1. The monoisotopic (exact) mass is 555 g/mol. The molecular formula is C25H41N5O5S2. The fraction of sp³-hybridized carbons (Fsp3) is 0.800. The number of carbonyl (C=O) groups is 2. The summed E-state index contributed by atoms with van der Waals surface area (Å²) in [7, 11) is -2.22. The van der Waals surface area contributed by atoms with E-state index in [1.807, 2.05) is 6.20 Å². The van der Waals surface area contributed by atoms with Crippen LogP contribution in [0.2, 0.25) is 0 Å². The molecule has 3 fully saturated rings. The van der Waals surface area contributed by atoms with Crippen LogP contribution in [-0.4, -0.2) is 90.6 Å². The van der Waals surface area contributed by atoms with Crippen LogP contribution in [-0.2, 0) is 26.1 Å². The molecule has 0 bridgehead atoms. The zero-order chi connectivity index (χ0) is 26.3. The predicted octanol–water partition coefficient (Wildman–Crippen LogP) is 3.65. The van der Waals surface area contributed by atoms with E-state index in [9.17, 15) is 18.0 Å². The van der Waals surface area contributed by atoms with Gasteiger partial charge in [-0.2, -0.15) is 4.31 Å². The number of urea groups is 1. The zero-order valence-corrected chi connectivity index (χ0v) is 23.5. The van der Waals surface area contributed by atoms with Gasteiger partial charge in [-0.1, -0.05) is 38.5 Å². The van der Waals surface area contributed by atoms with Crippen molar-refractivity contribution in [1.82, 2.24) is 19.1 Å². The minimum atomic E-state index is -3.48. The highest BCUT2D eigenvalue weighted by atomic mass is 32.2. The molecular weight excluding hydrogens is 514 g/mol. The van der Waals surface area contributed by atoms with Crippen LogP contribution < -0.4 is 5.32 Å². The third-order valence-electron chi connectivity index (χ3n) is 7.83. The number of amides is 2. The number of anilines is 1. The van der Waals surface area contributed by atoms with E-state index in [-0.39, 0.29) is 18.2 Å². The summed E-state index contributed by atoms with van der Waals surface area (Å²) in [6.07, 6.45) is 13.4. The zero-order valence-electron chi connectivity index (χ0n) is 21.9. The third-order valence-corrected chi connectivity index (χ3v) is 10.6. The molecule has 2 aliphatic carbocycles. The van der Waals surface area contributed by atoms with Crippen LogP contribution in [0.3, 0.4) is 0 Å². The third kappa shape index (κ3) is 7.87. The lowest BCUT2D eigenvalue weighted by Gasteiger charge is -2.41. The van der Waals surface area contributed by atoms with Crippen molar-refractivity contribution in [3.8, 4) is 0 Å². The first kappa shape index (κ1) is 28.3. The molecule has 0 spiro atoms. The van der Waals surface area contributed by atoms with Gasteiger partial charge in [0.05, 0.1) is 19.3 Å². The number of rotatable bonds is 9. The summed E-state index contributed by atoms with van der Waals surface area (Å²) < 4.78 is 31.0. The summed E-state index contributed by atoms with van der Waals surface area (Å²) in [4.78, 5) is 34.6. The van der Waals surface area contributed by atoms with Gasteiger partial charge in [0.15, 0.2) is 5.13 Å². The number of nitrogens with zero attached hydrogens (tertiary/aromatic N) is 4. The molecule has 1 aromatic rings. The van der Waals surface area contributed by atoms with Crippen molar-refractivity contribution < 1.29 is 22.7 Å². The van der Waals surface area contributed by atoms with Crippen molar-refractivity contribution in [2.24, 2.45) is 0 Å². The van der Waals surface area contributed by atoms with Gasteiger partial charge in [0.2, 0.25) is 10.0 Å². The molecule has 37 heavy (non-hydrogen) atoms. The summed E-state index contributed by atoms with van der Waals surface area (Å²) >= 11 is 1.49. The SMILES string of the molecule is COC(=O)CCS(=O)(=O)N1CCN(Cc2cnc(NC(=O)N(C3CCCCC3)C3CCCCC3)s2)CC1. The van der Waals surface area contributed by atoms with E-state index in [0.717, 1.165) is 30.6 Å². The maximum Gasteiger partial charge on any atom is 0.324 e. The Balaban J connectivity index is 1.28. The molecule has 10 nitrogen and oxygen atoms in total. The molecule has 2 heterocycles. The lowest BCUT2D eigenvalue weighted by Crippen LogP contribution is -2.50. The highest BCUT2D eigenvalue weighted by Crippen LogP contribution is 2.31. The van der Waals surface area contributed by atoms with Crippen LogP contribution in [0.25, 0.3) is 0 Å². The molecule has 1 saturated heterocycles. The van der Waals surface area contributed by atoms with Crippen LogP contribution in [0.5, 0.6) is 0 Å². The second kappa shape index (κ2) is 13.3. The summed E-state index contributed by atoms with van der Waals surface area (Å²) in [5.74, 6) is -0.744. The van der Waals surface area contributed by atoms with Gasteiger partial charge in [-0.15, -0.1) is 11.3 Å². The predicted molar refractivity (Wildman–Crippen MR) is 144 cm³/mol. The molecule has 0 unspecified atom stereocenters. The second-order valence-corrected chi connectivity index (χ2v) is 13.6. The highest BCUT2D eigenvalue weighted by Gasteiger charge is 2.33. The van der Waals surface area contributed by atoms with Crippen molar-refractivity contribution in [2.45, 2.75) is 89.3 Å². The number of carbonyl (C=O) groups excluding carboxylic acids is 2. The Bertz CT molecular complexity index is 979. The average Bonchev–Trinajstić information content (AvgIpc) is 3.35. The number of hydrogen-bond donors (Lipinski definition) is 1. The van der Waals surface area contributed by atoms with Gasteiger partial charge < -0.3 is 9.64 Å². The molecule has 12 heteroatoms. The first-order valence-electron chi connectivity index (χ1n) is 13.7. The molecule has 1 aliphatic heterocycles. The fourth-order valence-corrected chi connectivity index (χ4v) is 8.02. The minimum absolute atomic E-state index is 0.00882. The van der Waals surface area contributed by atoms with Crippen LogP contribution in [0.15, 0.2) is 6.20 Å². The maximum absolute atomic E-state index is 13.4.